The molecule has 2 heterocycles. The van der Waals surface area contributed by atoms with Gasteiger partial charge in [0.25, 0.3) is 0 Å². The number of hydrogen-bond donors (Lipinski definition) is 1. The average Bonchev–Trinajstić information content (AvgIpc) is 2.57. The van der Waals surface area contributed by atoms with E-state index >= 15 is 0 Å². The second-order valence-corrected chi connectivity index (χ2v) is 3.95. The summed E-state index contributed by atoms with van der Waals surface area (Å²) >= 11 is 0. The predicted octanol–water partition coefficient (Wildman–Crippen LogP) is -0.0190. The molecular formula is C11H18N4O. The summed E-state index contributed by atoms with van der Waals surface area (Å²) in [5, 5.41) is 8.91. The molecule has 1 fully saturated rings. The zero-order valence-electron chi connectivity index (χ0n) is 9.42. The fourth-order valence-corrected chi connectivity index (χ4v) is 1.99. The highest BCUT2D eigenvalue weighted by molar-refractivity contribution is 5.28. The highest BCUT2D eigenvalue weighted by atomic mass is 16.3. The lowest BCUT2D eigenvalue weighted by Crippen LogP contribution is -2.33. The Hall–Kier alpha value is -1.20. The molecule has 88 valence electrons. The van der Waals surface area contributed by atoms with E-state index in [9.17, 15) is 0 Å². The molecule has 5 nitrogen and oxygen atoms in total. The van der Waals surface area contributed by atoms with Gasteiger partial charge in [-0.1, -0.05) is 0 Å². The SMILES string of the molecule is OCCN1CCCN(c2ncccn2)CC1. The van der Waals surface area contributed by atoms with Crippen LogP contribution in [-0.2, 0) is 0 Å². The van der Waals surface area contributed by atoms with Crippen LogP contribution in [0.5, 0.6) is 0 Å². The quantitative estimate of drug-likeness (QED) is 0.779. The van der Waals surface area contributed by atoms with Crippen molar-refractivity contribution in [2.75, 3.05) is 44.2 Å². The minimum Gasteiger partial charge on any atom is -0.395 e. The van der Waals surface area contributed by atoms with E-state index in [2.05, 4.69) is 19.8 Å². The second-order valence-electron chi connectivity index (χ2n) is 3.95. The van der Waals surface area contributed by atoms with Crippen LogP contribution in [0.3, 0.4) is 0 Å². The summed E-state index contributed by atoms with van der Waals surface area (Å²) in [6.07, 6.45) is 4.65. The Morgan fingerprint density at radius 3 is 2.69 bits per heavy atom. The molecule has 1 aromatic rings. The largest absolute Gasteiger partial charge is 0.395 e. The molecule has 0 spiro atoms. The first kappa shape index (κ1) is 11.3. The summed E-state index contributed by atoms with van der Waals surface area (Å²) in [5.74, 6) is 0.813. The van der Waals surface area contributed by atoms with Gasteiger partial charge in [0.15, 0.2) is 0 Å². The first-order valence-electron chi connectivity index (χ1n) is 5.75. The molecule has 0 saturated carbocycles. The Labute approximate surface area is 95.7 Å². The van der Waals surface area contributed by atoms with Gasteiger partial charge in [-0.2, -0.15) is 0 Å². The molecule has 1 aliphatic heterocycles. The Morgan fingerprint density at radius 2 is 1.94 bits per heavy atom. The van der Waals surface area contributed by atoms with Gasteiger partial charge in [0.1, 0.15) is 0 Å². The van der Waals surface area contributed by atoms with Crippen LogP contribution in [0.25, 0.3) is 0 Å². The van der Waals surface area contributed by atoms with E-state index in [0.29, 0.717) is 0 Å². The molecule has 2 rings (SSSR count). The number of aliphatic hydroxyl groups is 1. The van der Waals surface area contributed by atoms with Gasteiger partial charge in [0, 0.05) is 38.6 Å². The van der Waals surface area contributed by atoms with Crippen molar-refractivity contribution in [2.45, 2.75) is 6.42 Å². The Balaban J connectivity index is 1.94. The predicted molar refractivity (Wildman–Crippen MR) is 62.4 cm³/mol. The van der Waals surface area contributed by atoms with Gasteiger partial charge in [0.05, 0.1) is 6.61 Å². The maximum atomic E-state index is 8.91. The van der Waals surface area contributed by atoms with Crippen molar-refractivity contribution in [1.29, 1.82) is 0 Å². The van der Waals surface area contributed by atoms with Crippen molar-refractivity contribution in [3.05, 3.63) is 18.5 Å². The maximum Gasteiger partial charge on any atom is 0.225 e. The Morgan fingerprint density at radius 1 is 1.12 bits per heavy atom. The van der Waals surface area contributed by atoms with Crippen LogP contribution in [0.4, 0.5) is 5.95 Å². The fourth-order valence-electron chi connectivity index (χ4n) is 1.99. The van der Waals surface area contributed by atoms with Crippen LogP contribution in [0.15, 0.2) is 18.5 Å². The van der Waals surface area contributed by atoms with E-state index in [0.717, 1.165) is 45.1 Å². The van der Waals surface area contributed by atoms with Gasteiger partial charge >= 0.3 is 0 Å². The summed E-state index contributed by atoms with van der Waals surface area (Å²) in [4.78, 5) is 13.0. The van der Waals surface area contributed by atoms with Gasteiger partial charge in [-0.25, -0.2) is 9.97 Å². The van der Waals surface area contributed by atoms with Gasteiger partial charge in [-0.3, -0.25) is 4.90 Å². The lowest BCUT2D eigenvalue weighted by atomic mass is 10.4. The zero-order valence-corrected chi connectivity index (χ0v) is 9.42. The first-order valence-corrected chi connectivity index (χ1v) is 5.75. The molecule has 5 heteroatoms. The molecule has 0 aliphatic carbocycles. The van der Waals surface area contributed by atoms with Gasteiger partial charge in [-0.05, 0) is 19.0 Å². The number of aliphatic hydroxyl groups excluding tert-OH is 1. The summed E-state index contributed by atoms with van der Waals surface area (Å²) in [6.45, 7) is 4.95. The summed E-state index contributed by atoms with van der Waals surface area (Å²) in [5.41, 5.74) is 0. The van der Waals surface area contributed by atoms with Crippen LogP contribution < -0.4 is 4.90 Å². The van der Waals surface area contributed by atoms with E-state index in [1.54, 1.807) is 12.4 Å². The van der Waals surface area contributed by atoms with Crippen molar-refractivity contribution in [3.63, 3.8) is 0 Å². The molecular weight excluding hydrogens is 204 g/mol. The van der Waals surface area contributed by atoms with E-state index in [4.69, 9.17) is 5.11 Å². The number of rotatable bonds is 3. The third-order valence-electron chi connectivity index (χ3n) is 2.84. The lowest BCUT2D eigenvalue weighted by Gasteiger charge is -2.21. The molecule has 0 atom stereocenters. The molecule has 1 aliphatic rings. The van der Waals surface area contributed by atoms with E-state index in [1.807, 2.05) is 6.07 Å². The monoisotopic (exact) mass is 222 g/mol. The molecule has 1 saturated heterocycles. The summed E-state index contributed by atoms with van der Waals surface area (Å²) in [6, 6.07) is 1.83. The molecule has 1 N–H and O–H groups in total. The molecule has 0 radical (unpaired) electrons. The molecule has 0 unspecified atom stereocenters. The number of nitrogens with zero attached hydrogens (tertiary/aromatic N) is 4. The van der Waals surface area contributed by atoms with Crippen molar-refractivity contribution in [1.82, 2.24) is 14.9 Å². The van der Waals surface area contributed by atoms with E-state index in [-0.39, 0.29) is 6.61 Å². The van der Waals surface area contributed by atoms with Gasteiger partial charge < -0.3 is 10.0 Å². The summed E-state index contributed by atoms with van der Waals surface area (Å²) in [7, 11) is 0. The summed E-state index contributed by atoms with van der Waals surface area (Å²) < 4.78 is 0. The highest BCUT2D eigenvalue weighted by Gasteiger charge is 2.15. The highest BCUT2D eigenvalue weighted by Crippen LogP contribution is 2.09. The van der Waals surface area contributed by atoms with E-state index in [1.165, 1.54) is 0 Å². The normalized spacial score (nSPS) is 18.4. The lowest BCUT2D eigenvalue weighted by molar-refractivity contribution is 0.204. The molecule has 0 amide bonds. The Kier molecular flexibility index (Phi) is 4.07. The van der Waals surface area contributed by atoms with Crippen molar-refractivity contribution < 1.29 is 5.11 Å². The minimum absolute atomic E-state index is 0.238. The number of aromatic nitrogens is 2. The van der Waals surface area contributed by atoms with Crippen LogP contribution in [0.2, 0.25) is 0 Å². The molecule has 0 bridgehead atoms. The third kappa shape index (κ3) is 2.90. The van der Waals surface area contributed by atoms with Crippen molar-refractivity contribution >= 4 is 5.95 Å². The van der Waals surface area contributed by atoms with Gasteiger partial charge in [0.2, 0.25) is 5.95 Å². The topological polar surface area (TPSA) is 52.5 Å². The molecule has 1 aromatic heterocycles. The minimum atomic E-state index is 0.238. The fraction of sp³-hybridized carbons (Fsp3) is 0.636. The smallest absolute Gasteiger partial charge is 0.225 e. The van der Waals surface area contributed by atoms with Crippen LogP contribution in [-0.4, -0.2) is 59.3 Å². The van der Waals surface area contributed by atoms with Crippen LogP contribution in [0.1, 0.15) is 6.42 Å². The standard InChI is InChI=1S/C11H18N4O/c16-10-9-14-5-2-6-15(8-7-14)11-12-3-1-4-13-11/h1,3-4,16H,2,5-10H2. The van der Waals surface area contributed by atoms with Gasteiger partial charge in [-0.15, -0.1) is 0 Å². The zero-order chi connectivity index (χ0) is 11.2. The van der Waals surface area contributed by atoms with Crippen molar-refractivity contribution in [3.8, 4) is 0 Å². The number of β-amino-alcohol motifs (C(OH)–C–C–N with tert-alkyl or cyclic N) is 1. The molecule has 0 aromatic carbocycles. The first-order chi connectivity index (χ1) is 7.90. The van der Waals surface area contributed by atoms with Crippen LogP contribution >= 0.6 is 0 Å². The second kappa shape index (κ2) is 5.77. The average molecular weight is 222 g/mol. The van der Waals surface area contributed by atoms with Crippen molar-refractivity contribution in [2.24, 2.45) is 0 Å². The molecule has 16 heavy (non-hydrogen) atoms. The Bertz CT molecular complexity index is 306. The van der Waals surface area contributed by atoms with Crippen LogP contribution in [0, 0.1) is 0 Å². The maximum absolute atomic E-state index is 8.91. The number of anilines is 1. The van der Waals surface area contributed by atoms with E-state index < -0.39 is 0 Å². The third-order valence-corrected chi connectivity index (χ3v) is 2.84. The number of hydrogen-bond acceptors (Lipinski definition) is 5.